The molecule has 0 radical (unpaired) electrons. The summed E-state index contributed by atoms with van der Waals surface area (Å²) < 4.78 is 0. The zero-order chi connectivity index (χ0) is 13.4. The Morgan fingerprint density at radius 3 is 2.84 bits per heavy atom. The van der Waals surface area contributed by atoms with Gasteiger partial charge in [0.25, 0.3) is 0 Å². The van der Waals surface area contributed by atoms with Crippen LogP contribution in [-0.4, -0.2) is 15.0 Å². The molecule has 0 aliphatic carbocycles. The van der Waals surface area contributed by atoms with Crippen molar-refractivity contribution in [1.29, 1.82) is 0 Å². The third-order valence-electron chi connectivity index (χ3n) is 3.30. The first-order valence-electron chi connectivity index (χ1n) is 6.29. The van der Waals surface area contributed by atoms with Gasteiger partial charge >= 0.3 is 0 Å². The Labute approximate surface area is 111 Å². The maximum atomic E-state index is 5.68. The molecule has 0 saturated heterocycles. The summed E-state index contributed by atoms with van der Waals surface area (Å²) in [5.74, 6) is 0. The molecule has 0 aliphatic heterocycles. The number of H-pyrrole nitrogens is 1. The van der Waals surface area contributed by atoms with Crippen LogP contribution in [0.1, 0.15) is 17.0 Å². The van der Waals surface area contributed by atoms with Crippen molar-refractivity contribution in [3.8, 4) is 11.4 Å². The van der Waals surface area contributed by atoms with E-state index in [2.05, 4.69) is 46.1 Å². The average Bonchev–Trinajstić information content (AvgIpc) is 2.82. The number of nitrogens with zero attached hydrogens (tertiary/aromatic N) is 2. The largest absolute Gasteiger partial charge is 0.353 e. The average molecular weight is 252 g/mol. The number of hydrogen-bond donors (Lipinski definition) is 2. The highest BCUT2D eigenvalue weighted by Crippen LogP contribution is 2.23. The minimum absolute atomic E-state index is 0.409. The minimum atomic E-state index is 0.409. The van der Waals surface area contributed by atoms with Crippen molar-refractivity contribution in [3.63, 3.8) is 0 Å². The molecule has 2 aromatic heterocycles. The van der Waals surface area contributed by atoms with Crippen molar-refractivity contribution in [3.05, 3.63) is 47.4 Å². The maximum Gasteiger partial charge on any atom is 0.105 e. The van der Waals surface area contributed by atoms with Gasteiger partial charge in [0.1, 0.15) is 5.69 Å². The van der Waals surface area contributed by atoms with Crippen molar-refractivity contribution in [2.75, 3.05) is 0 Å². The van der Waals surface area contributed by atoms with Crippen molar-refractivity contribution in [2.45, 2.75) is 20.4 Å². The van der Waals surface area contributed by atoms with Gasteiger partial charge in [0.05, 0.1) is 23.3 Å². The molecule has 0 aliphatic rings. The second-order valence-electron chi connectivity index (χ2n) is 4.77. The molecule has 0 unspecified atom stereocenters. The second kappa shape index (κ2) is 4.48. The van der Waals surface area contributed by atoms with Crippen LogP contribution in [0.15, 0.2) is 30.5 Å². The Morgan fingerprint density at radius 1 is 1.21 bits per heavy atom. The first-order chi connectivity index (χ1) is 9.17. The Bertz CT molecular complexity index is 743. The van der Waals surface area contributed by atoms with Crippen LogP contribution in [0.2, 0.25) is 0 Å². The van der Waals surface area contributed by atoms with E-state index in [0.29, 0.717) is 6.54 Å². The zero-order valence-electron chi connectivity index (χ0n) is 11.1. The highest BCUT2D eigenvalue weighted by atomic mass is 14.9. The van der Waals surface area contributed by atoms with E-state index < -0.39 is 0 Å². The van der Waals surface area contributed by atoms with Gasteiger partial charge in [-0.25, -0.2) is 4.98 Å². The van der Waals surface area contributed by atoms with Gasteiger partial charge in [-0.05, 0) is 32.0 Å². The monoisotopic (exact) mass is 252 g/mol. The zero-order valence-corrected chi connectivity index (χ0v) is 11.1. The number of rotatable bonds is 2. The molecule has 0 atom stereocenters. The standard InChI is InChI=1S/C15H16N4/c1-9-3-4-12-11(5-9)6-13(18-12)15-8-17-10(2)14(7-16)19-15/h3-6,8,18H,7,16H2,1-2H3. The Balaban J connectivity index is 2.13. The SMILES string of the molecule is Cc1ccc2[nH]c(-c3cnc(C)c(CN)n3)cc2c1. The summed E-state index contributed by atoms with van der Waals surface area (Å²) in [4.78, 5) is 12.3. The van der Waals surface area contributed by atoms with Crippen molar-refractivity contribution < 1.29 is 0 Å². The lowest BCUT2D eigenvalue weighted by Gasteiger charge is -2.03. The highest BCUT2D eigenvalue weighted by molar-refractivity contribution is 5.85. The number of aryl methyl sites for hydroxylation is 2. The minimum Gasteiger partial charge on any atom is -0.353 e. The fraction of sp³-hybridized carbons (Fsp3) is 0.200. The lowest BCUT2D eigenvalue weighted by atomic mass is 10.2. The summed E-state index contributed by atoms with van der Waals surface area (Å²) in [6, 6.07) is 8.43. The number of nitrogens with two attached hydrogens (primary N) is 1. The fourth-order valence-electron chi connectivity index (χ4n) is 2.20. The van der Waals surface area contributed by atoms with Crippen molar-refractivity contribution in [1.82, 2.24) is 15.0 Å². The summed E-state index contributed by atoms with van der Waals surface area (Å²) in [5.41, 5.74) is 11.6. The van der Waals surface area contributed by atoms with Gasteiger partial charge in [-0.3, -0.25) is 4.98 Å². The van der Waals surface area contributed by atoms with Gasteiger partial charge in [0.2, 0.25) is 0 Å². The van der Waals surface area contributed by atoms with Gasteiger partial charge in [0, 0.05) is 17.4 Å². The molecular weight excluding hydrogens is 236 g/mol. The third kappa shape index (κ3) is 2.11. The Kier molecular flexibility index (Phi) is 2.80. The van der Waals surface area contributed by atoms with E-state index in [0.717, 1.165) is 28.3 Å². The lowest BCUT2D eigenvalue weighted by molar-refractivity contribution is 0.931. The van der Waals surface area contributed by atoms with Crippen LogP contribution in [0.3, 0.4) is 0 Å². The molecule has 4 heteroatoms. The molecule has 0 saturated carbocycles. The topological polar surface area (TPSA) is 67.6 Å². The molecule has 3 aromatic rings. The molecular formula is C15H16N4. The predicted octanol–water partition coefficient (Wildman–Crippen LogP) is 2.70. The van der Waals surface area contributed by atoms with Gasteiger partial charge < -0.3 is 10.7 Å². The molecule has 0 amide bonds. The summed E-state index contributed by atoms with van der Waals surface area (Å²) >= 11 is 0. The lowest BCUT2D eigenvalue weighted by Crippen LogP contribution is -2.05. The number of aromatic amines is 1. The van der Waals surface area contributed by atoms with Gasteiger partial charge in [-0.15, -0.1) is 0 Å². The summed E-state index contributed by atoms with van der Waals surface area (Å²) in [7, 11) is 0. The molecule has 3 rings (SSSR count). The smallest absolute Gasteiger partial charge is 0.105 e. The van der Waals surface area contributed by atoms with E-state index in [9.17, 15) is 0 Å². The van der Waals surface area contributed by atoms with Crippen LogP contribution < -0.4 is 5.73 Å². The molecule has 0 fully saturated rings. The second-order valence-corrected chi connectivity index (χ2v) is 4.77. The van der Waals surface area contributed by atoms with Crippen LogP contribution in [0.5, 0.6) is 0 Å². The molecule has 4 nitrogen and oxygen atoms in total. The number of aromatic nitrogens is 3. The molecule has 1 aromatic carbocycles. The predicted molar refractivity (Wildman–Crippen MR) is 76.7 cm³/mol. The van der Waals surface area contributed by atoms with E-state index in [-0.39, 0.29) is 0 Å². The molecule has 3 N–H and O–H groups in total. The van der Waals surface area contributed by atoms with E-state index in [1.807, 2.05) is 6.92 Å². The van der Waals surface area contributed by atoms with Crippen LogP contribution in [-0.2, 0) is 6.54 Å². The Morgan fingerprint density at radius 2 is 2.05 bits per heavy atom. The highest BCUT2D eigenvalue weighted by Gasteiger charge is 2.07. The summed E-state index contributed by atoms with van der Waals surface area (Å²) in [5, 5.41) is 1.19. The van der Waals surface area contributed by atoms with Crippen LogP contribution in [0, 0.1) is 13.8 Å². The van der Waals surface area contributed by atoms with Gasteiger partial charge in [-0.1, -0.05) is 11.6 Å². The number of benzene rings is 1. The van der Waals surface area contributed by atoms with E-state index >= 15 is 0 Å². The normalized spacial score (nSPS) is 11.1. The number of nitrogens with one attached hydrogen (secondary N) is 1. The summed E-state index contributed by atoms with van der Waals surface area (Å²) in [6.45, 7) is 4.42. The van der Waals surface area contributed by atoms with E-state index in [4.69, 9.17) is 5.73 Å². The molecule has 2 heterocycles. The Hall–Kier alpha value is -2.20. The maximum absolute atomic E-state index is 5.68. The molecule has 0 spiro atoms. The summed E-state index contributed by atoms with van der Waals surface area (Å²) in [6.07, 6.45) is 1.78. The van der Waals surface area contributed by atoms with Crippen molar-refractivity contribution in [2.24, 2.45) is 5.73 Å². The van der Waals surface area contributed by atoms with Crippen molar-refractivity contribution >= 4 is 10.9 Å². The quantitative estimate of drug-likeness (QED) is 0.736. The third-order valence-corrected chi connectivity index (χ3v) is 3.30. The van der Waals surface area contributed by atoms with Gasteiger partial charge in [-0.2, -0.15) is 0 Å². The first kappa shape index (κ1) is 11.9. The van der Waals surface area contributed by atoms with Crippen LogP contribution in [0.4, 0.5) is 0 Å². The number of fused-ring (bicyclic) bond motifs is 1. The van der Waals surface area contributed by atoms with E-state index in [1.54, 1.807) is 6.20 Å². The molecule has 19 heavy (non-hydrogen) atoms. The van der Waals surface area contributed by atoms with Crippen LogP contribution in [0.25, 0.3) is 22.3 Å². The van der Waals surface area contributed by atoms with E-state index in [1.165, 1.54) is 10.9 Å². The fourth-order valence-corrected chi connectivity index (χ4v) is 2.20. The van der Waals surface area contributed by atoms with Crippen LogP contribution >= 0.6 is 0 Å². The molecule has 0 bridgehead atoms. The first-order valence-corrected chi connectivity index (χ1v) is 6.29. The van der Waals surface area contributed by atoms with Gasteiger partial charge in [0.15, 0.2) is 0 Å². The molecule has 96 valence electrons. The number of hydrogen-bond acceptors (Lipinski definition) is 3.